The summed E-state index contributed by atoms with van der Waals surface area (Å²) in [7, 11) is 0. The Hall–Kier alpha value is -1.42. The Morgan fingerprint density at radius 2 is 2.05 bits per heavy atom. The van der Waals surface area contributed by atoms with Crippen molar-refractivity contribution in [2.45, 2.75) is 51.0 Å². The molecule has 3 N–H and O–H groups in total. The zero-order valence-electron chi connectivity index (χ0n) is 12.0. The fourth-order valence-corrected chi connectivity index (χ4v) is 2.84. The highest BCUT2D eigenvalue weighted by molar-refractivity contribution is 5.86. The van der Waals surface area contributed by atoms with Gasteiger partial charge < -0.3 is 11.1 Å². The van der Waals surface area contributed by atoms with Gasteiger partial charge in [0.05, 0.1) is 5.54 Å². The van der Waals surface area contributed by atoms with Gasteiger partial charge in [-0.15, -0.1) is 0 Å². The molecule has 0 aromatic heterocycles. The zero-order chi connectivity index (χ0) is 14.6. The van der Waals surface area contributed by atoms with Gasteiger partial charge in [-0.1, -0.05) is 25.3 Å². The van der Waals surface area contributed by atoms with E-state index in [9.17, 15) is 9.18 Å². The first-order valence-electron chi connectivity index (χ1n) is 7.33. The molecule has 110 valence electrons. The Bertz CT molecular complexity index is 481. The predicted octanol–water partition coefficient (Wildman–Crippen LogP) is 2.45. The molecule has 4 heteroatoms. The summed E-state index contributed by atoms with van der Waals surface area (Å²) in [6.45, 7) is 2.43. The van der Waals surface area contributed by atoms with Crippen LogP contribution >= 0.6 is 0 Å². The average molecular weight is 278 g/mol. The first-order chi connectivity index (χ1) is 9.51. The molecular weight excluding hydrogens is 255 g/mol. The summed E-state index contributed by atoms with van der Waals surface area (Å²) in [6, 6.07) is 4.74. The number of rotatable bonds is 4. The van der Waals surface area contributed by atoms with E-state index in [1.54, 1.807) is 6.07 Å². The van der Waals surface area contributed by atoms with Gasteiger partial charge in [0.2, 0.25) is 5.91 Å². The highest BCUT2D eigenvalue weighted by Crippen LogP contribution is 2.25. The van der Waals surface area contributed by atoms with Crippen molar-refractivity contribution < 1.29 is 9.18 Å². The van der Waals surface area contributed by atoms with Crippen molar-refractivity contribution in [1.29, 1.82) is 0 Å². The van der Waals surface area contributed by atoms with E-state index in [-0.39, 0.29) is 11.7 Å². The number of hydrogen-bond acceptors (Lipinski definition) is 2. The third kappa shape index (κ3) is 3.57. The van der Waals surface area contributed by atoms with Crippen LogP contribution in [-0.2, 0) is 11.2 Å². The summed E-state index contributed by atoms with van der Waals surface area (Å²) in [5.41, 5.74) is 7.46. The summed E-state index contributed by atoms with van der Waals surface area (Å²) in [5, 5.41) is 2.93. The smallest absolute Gasteiger partial charge is 0.240 e. The van der Waals surface area contributed by atoms with Crippen LogP contribution in [0, 0.1) is 12.7 Å². The highest BCUT2D eigenvalue weighted by Gasteiger charge is 2.34. The normalized spacial score (nSPS) is 17.8. The molecule has 0 saturated heterocycles. The quantitative estimate of drug-likeness (QED) is 0.889. The molecule has 1 fully saturated rings. The molecule has 0 bridgehead atoms. The van der Waals surface area contributed by atoms with Crippen molar-refractivity contribution in [3.05, 3.63) is 35.1 Å². The Morgan fingerprint density at radius 1 is 1.35 bits per heavy atom. The Labute approximate surface area is 119 Å². The first kappa shape index (κ1) is 15.0. The van der Waals surface area contributed by atoms with Gasteiger partial charge in [-0.25, -0.2) is 4.39 Å². The van der Waals surface area contributed by atoms with Crippen LogP contribution in [0.3, 0.4) is 0 Å². The first-order valence-corrected chi connectivity index (χ1v) is 7.33. The molecule has 3 nitrogen and oxygen atoms in total. The van der Waals surface area contributed by atoms with Gasteiger partial charge >= 0.3 is 0 Å². The van der Waals surface area contributed by atoms with Gasteiger partial charge in [0.15, 0.2) is 0 Å². The van der Waals surface area contributed by atoms with Crippen molar-refractivity contribution in [2.24, 2.45) is 5.73 Å². The fraction of sp³-hybridized carbons (Fsp3) is 0.562. The van der Waals surface area contributed by atoms with Gasteiger partial charge in [0, 0.05) is 6.54 Å². The SMILES string of the molecule is Cc1cc(F)ccc1CCNC(=O)C1(N)CCCCC1. The molecule has 20 heavy (non-hydrogen) atoms. The third-order valence-electron chi connectivity index (χ3n) is 4.18. The van der Waals surface area contributed by atoms with E-state index in [0.29, 0.717) is 13.0 Å². The van der Waals surface area contributed by atoms with E-state index >= 15 is 0 Å². The topological polar surface area (TPSA) is 55.1 Å². The predicted molar refractivity (Wildman–Crippen MR) is 77.9 cm³/mol. The van der Waals surface area contributed by atoms with Crippen LogP contribution in [0.15, 0.2) is 18.2 Å². The van der Waals surface area contributed by atoms with E-state index in [1.807, 2.05) is 6.92 Å². The molecule has 1 amide bonds. The van der Waals surface area contributed by atoms with Gasteiger partial charge in [0.1, 0.15) is 5.82 Å². The number of amides is 1. The monoisotopic (exact) mass is 278 g/mol. The van der Waals surface area contributed by atoms with Crippen molar-refractivity contribution in [2.75, 3.05) is 6.54 Å². The van der Waals surface area contributed by atoms with Crippen molar-refractivity contribution in [3.63, 3.8) is 0 Å². The lowest BCUT2D eigenvalue weighted by Gasteiger charge is -2.31. The number of nitrogens with one attached hydrogen (secondary N) is 1. The molecule has 0 atom stereocenters. The number of carbonyl (C=O) groups is 1. The number of nitrogens with two attached hydrogens (primary N) is 1. The van der Waals surface area contributed by atoms with Gasteiger partial charge in [-0.05, 0) is 49.4 Å². The lowest BCUT2D eigenvalue weighted by molar-refractivity contribution is -0.127. The van der Waals surface area contributed by atoms with Crippen LogP contribution < -0.4 is 11.1 Å². The minimum absolute atomic E-state index is 0.0445. The molecule has 0 heterocycles. The van der Waals surface area contributed by atoms with Gasteiger partial charge in [0.25, 0.3) is 0 Å². The van der Waals surface area contributed by atoms with E-state index in [0.717, 1.165) is 36.8 Å². The van der Waals surface area contributed by atoms with Crippen LogP contribution in [0.25, 0.3) is 0 Å². The summed E-state index contributed by atoms with van der Waals surface area (Å²) in [4.78, 5) is 12.2. The molecule has 0 unspecified atom stereocenters. The fourth-order valence-electron chi connectivity index (χ4n) is 2.84. The van der Waals surface area contributed by atoms with Crippen molar-refractivity contribution in [3.8, 4) is 0 Å². The third-order valence-corrected chi connectivity index (χ3v) is 4.18. The molecule has 1 saturated carbocycles. The van der Waals surface area contributed by atoms with Crippen molar-refractivity contribution >= 4 is 5.91 Å². The Balaban J connectivity index is 1.84. The van der Waals surface area contributed by atoms with E-state index in [1.165, 1.54) is 18.6 Å². The van der Waals surface area contributed by atoms with Crippen LogP contribution in [0.4, 0.5) is 4.39 Å². The second kappa shape index (κ2) is 6.35. The second-order valence-electron chi connectivity index (χ2n) is 5.79. The number of benzene rings is 1. The lowest BCUT2D eigenvalue weighted by atomic mass is 9.82. The minimum atomic E-state index is -0.684. The standard InChI is InChI=1S/C16H23FN2O/c1-12-11-14(17)6-5-13(12)7-10-19-15(20)16(18)8-3-2-4-9-16/h5-6,11H,2-4,7-10,18H2,1H3,(H,19,20). The maximum Gasteiger partial charge on any atom is 0.240 e. The molecular formula is C16H23FN2O. The molecule has 0 radical (unpaired) electrons. The number of hydrogen-bond donors (Lipinski definition) is 2. The molecule has 1 aromatic rings. The zero-order valence-corrected chi connectivity index (χ0v) is 12.0. The lowest BCUT2D eigenvalue weighted by Crippen LogP contribution is -2.55. The van der Waals surface area contributed by atoms with E-state index in [2.05, 4.69) is 5.32 Å². The summed E-state index contributed by atoms with van der Waals surface area (Å²) >= 11 is 0. The molecule has 0 spiro atoms. The number of aryl methyl sites for hydroxylation is 1. The van der Waals surface area contributed by atoms with Gasteiger partial charge in [-0.2, -0.15) is 0 Å². The highest BCUT2D eigenvalue weighted by atomic mass is 19.1. The maximum absolute atomic E-state index is 13.0. The van der Waals surface area contributed by atoms with Crippen molar-refractivity contribution in [1.82, 2.24) is 5.32 Å². The molecule has 1 aromatic carbocycles. The van der Waals surface area contributed by atoms with Crippen LogP contribution in [0.5, 0.6) is 0 Å². The Kier molecular flexibility index (Phi) is 4.76. The Morgan fingerprint density at radius 3 is 2.70 bits per heavy atom. The molecule has 0 aliphatic heterocycles. The van der Waals surface area contributed by atoms with Crippen LogP contribution in [-0.4, -0.2) is 18.0 Å². The van der Waals surface area contributed by atoms with Gasteiger partial charge in [-0.3, -0.25) is 4.79 Å². The maximum atomic E-state index is 13.0. The van der Waals surface area contributed by atoms with E-state index < -0.39 is 5.54 Å². The van der Waals surface area contributed by atoms with E-state index in [4.69, 9.17) is 5.73 Å². The summed E-state index contributed by atoms with van der Waals surface area (Å²) < 4.78 is 13.0. The summed E-state index contributed by atoms with van der Waals surface area (Å²) in [6.07, 6.45) is 5.47. The largest absolute Gasteiger partial charge is 0.354 e. The molecule has 1 aliphatic rings. The minimum Gasteiger partial charge on any atom is -0.354 e. The number of carbonyl (C=O) groups excluding carboxylic acids is 1. The second-order valence-corrected chi connectivity index (χ2v) is 5.79. The number of halogens is 1. The molecule has 2 rings (SSSR count). The van der Waals surface area contributed by atoms with Crippen LogP contribution in [0.2, 0.25) is 0 Å². The van der Waals surface area contributed by atoms with Crippen LogP contribution in [0.1, 0.15) is 43.2 Å². The summed E-state index contributed by atoms with van der Waals surface area (Å²) in [5.74, 6) is -0.268. The average Bonchev–Trinajstić information content (AvgIpc) is 2.42. The molecule has 1 aliphatic carbocycles.